The van der Waals surface area contributed by atoms with Gasteiger partial charge in [0.25, 0.3) is 0 Å². The van der Waals surface area contributed by atoms with Crippen LogP contribution in [0.4, 0.5) is 4.39 Å². The Hall–Kier alpha value is -5.03. The van der Waals surface area contributed by atoms with E-state index in [1.807, 2.05) is 24.4 Å². The van der Waals surface area contributed by atoms with Crippen molar-refractivity contribution in [1.29, 1.82) is 5.26 Å². The van der Waals surface area contributed by atoms with Crippen LogP contribution < -0.4 is 14.2 Å². The molecular formula is C36H34FN5O6S. The summed E-state index contributed by atoms with van der Waals surface area (Å²) in [5.74, 6) is 1.23. The Morgan fingerprint density at radius 3 is 2.73 bits per heavy atom. The summed E-state index contributed by atoms with van der Waals surface area (Å²) in [5, 5.41) is 19.0. The molecule has 1 N–H and O–H groups in total. The highest BCUT2D eigenvalue weighted by Crippen LogP contribution is 2.44. The maximum Gasteiger partial charge on any atom is 0.335 e. The summed E-state index contributed by atoms with van der Waals surface area (Å²) in [7, 11) is 1.59. The van der Waals surface area contributed by atoms with Gasteiger partial charge in [0.1, 0.15) is 36.1 Å². The highest BCUT2D eigenvalue weighted by Gasteiger charge is 2.31. The molecule has 0 radical (unpaired) electrons. The number of halogens is 1. The van der Waals surface area contributed by atoms with Crippen molar-refractivity contribution in [3.05, 3.63) is 99.0 Å². The van der Waals surface area contributed by atoms with Crippen LogP contribution in [0.1, 0.15) is 62.6 Å². The Balaban J connectivity index is 1.09. The van der Waals surface area contributed by atoms with Crippen LogP contribution in [-0.4, -0.2) is 70.5 Å². The van der Waals surface area contributed by atoms with Gasteiger partial charge in [-0.3, -0.25) is 9.88 Å². The van der Waals surface area contributed by atoms with Gasteiger partial charge in [-0.05, 0) is 62.2 Å². The lowest BCUT2D eigenvalue weighted by Crippen LogP contribution is -2.34. The van der Waals surface area contributed by atoms with Crippen molar-refractivity contribution in [3.63, 3.8) is 0 Å². The van der Waals surface area contributed by atoms with Crippen LogP contribution >= 0.6 is 11.3 Å². The number of aromatic nitrogens is 3. The molecule has 11 nitrogen and oxygen atoms in total. The summed E-state index contributed by atoms with van der Waals surface area (Å²) in [5.41, 5.74) is 4.91. The average molecular weight is 684 g/mol. The van der Waals surface area contributed by atoms with Crippen molar-refractivity contribution in [1.82, 2.24) is 19.4 Å². The molecule has 0 aliphatic carbocycles. The lowest BCUT2D eigenvalue weighted by Gasteiger charge is -2.34. The van der Waals surface area contributed by atoms with Gasteiger partial charge in [0, 0.05) is 29.3 Å². The lowest BCUT2D eigenvalue weighted by molar-refractivity contribution is 0.0696. The molecule has 7 rings (SSSR count). The third-order valence-electron chi connectivity index (χ3n) is 9.01. The van der Waals surface area contributed by atoms with Crippen molar-refractivity contribution in [2.24, 2.45) is 0 Å². The molecule has 0 bridgehead atoms. The quantitative estimate of drug-likeness (QED) is 0.161. The monoisotopic (exact) mass is 683 g/mol. The molecule has 1 atom stereocenters. The van der Waals surface area contributed by atoms with E-state index in [1.54, 1.807) is 30.8 Å². The number of rotatable bonds is 11. The third kappa shape index (κ3) is 6.80. The van der Waals surface area contributed by atoms with E-state index in [0.717, 1.165) is 42.2 Å². The molecule has 4 heterocycles. The largest absolute Gasteiger partial charge is 0.489 e. The van der Waals surface area contributed by atoms with Gasteiger partial charge in [-0.25, -0.2) is 14.2 Å². The summed E-state index contributed by atoms with van der Waals surface area (Å²) in [6.07, 6.45) is 2.98. The summed E-state index contributed by atoms with van der Waals surface area (Å²) < 4.78 is 40.4. The first kappa shape index (κ1) is 32.5. The molecule has 0 spiro atoms. The summed E-state index contributed by atoms with van der Waals surface area (Å²) in [6, 6.07) is 15.4. The molecule has 0 unspecified atom stereocenters. The number of aromatic carboxylic acids is 1. The highest BCUT2D eigenvalue weighted by atomic mass is 32.1. The van der Waals surface area contributed by atoms with E-state index in [0.29, 0.717) is 53.5 Å². The van der Waals surface area contributed by atoms with Crippen LogP contribution in [0, 0.1) is 17.1 Å². The molecular weight excluding hydrogens is 649 g/mol. The summed E-state index contributed by atoms with van der Waals surface area (Å²) >= 11 is 1.54. The van der Waals surface area contributed by atoms with Crippen LogP contribution in [0.25, 0.3) is 11.0 Å². The number of imidazole rings is 1. The van der Waals surface area contributed by atoms with Gasteiger partial charge >= 0.3 is 5.97 Å². The Kier molecular flexibility index (Phi) is 9.43. The van der Waals surface area contributed by atoms with Crippen LogP contribution in [0.5, 0.6) is 17.2 Å². The average Bonchev–Trinajstić information content (AvgIpc) is 3.76. The Bertz CT molecular complexity index is 2020. The molecule has 2 aliphatic rings. The predicted octanol–water partition coefficient (Wildman–Crippen LogP) is 6.17. The number of fused-ring (bicyclic) bond motifs is 2. The maximum absolute atomic E-state index is 14.7. The van der Waals surface area contributed by atoms with E-state index in [2.05, 4.69) is 20.5 Å². The number of hydrogen-bond acceptors (Lipinski definition) is 10. The highest BCUT2D eigenvalue weighted by molar-refractivity contribution is 7.09. The number of ether oxygens (including phenoxy) is 4. The minimum absolute atomic E-state index is 0.128. The SMILES string of the molecule is COCCOc1cc(C(=O)O)cc2c1nc(CN1CCC(c3cccc4c3OC[C@@H](c3ccc(C#N)cc3F)O4)CC1)n2Cc1cncs1. The van der Waals surface area contributed by atoms with Gasteiger partial charge in [-0.15, -0.1) is 11.3 Å². The smallest absolute Gasteiger partial charge is 0.335 e. The molecule has 13 heteroatoms. The second kappa shape index (κ2) is 14.2. The Morgan fingerprint density at radius 1 is 1.14 bits per heavy atom. The lowest BCUT2D eigenvalue weighted by atomic mass is 9.88. The van der Waals surface area contributed by atoms with Gasteiger partial charge < -0.3 is 28.6 Å². The molecule has 2 aromatic heterocycles. The molecule has 5 aromatic rings. The zero-order chi connectivity index (χ0) is 33.9. The van der Waals surface area contributed by atoms with Crippen LogP contribution in [0.15, 0.2) is 60.2 Å². The number of hydrogen-bond donors (Lipinski definition) is 1. The van der Waals surface area contributed by atoms with Crippen LogP contribution in [-0.2, 0) is 17.8 Å². The standard InChI is InChI=1S/C36H34FN5O6S/c1-45-11-12-46-31-15-24(36(43)44)14-29-34(31)40-33(42(29)18-25-17-39-21-49-25)19-41-9-7-23(8-10-41)26-3-2-4-30-35(26)47-20-32(48-30)27-6-5-22(16-38)13-28(27)37/h2-6,13-15,17,21,23,32H,7-12,18-20H2,1H3,(H,43,44)/t32-/m0/s1. The van der Waals surface area contributed by atoms with Crippen molar-refractivity contribution in [2.45, 2.75) is 38.0 Å². The molecule has 3 aromatic carbocycles. The molecule has 252 valence electrons. The second-order valence-electron chi connectivity index (χ2n) is 12.1. The van der Waals surface area contributed by atoms with Gasteiger partial charge in [-0.1, -0.05) is 18.2 Å². The number of thiazole rings is 1. The number of nitriles is 1. The van der Waals surface area contributed by atoms with Gasteiger partial charge in [0.15, 0.2) is 17.6 Å². The number of likely N-dealkylation sites (tertiary alicyclic amines) is 1. The first-order valence-corrected chi connectivity index (χ1v) is 16.9. The minimum Gasteiger partial charge on any atom is -0.489 e. The Labute approximate surface area is 286 Å². The fourth-order valence-electron chi connectivity index (χ4n) is 6.54. The predicted molar refractivity (Wildman–Crippen MR) is 179 cm³/mol. The number of nitrogens with zero attached hydrogens (tertiary/aromatic N) is 5. The van der Waals surface area contributed by atoms with Gasteiger partial charge in [0.05, 0.1) is 47.9 Å². The van der Waals surface area contributed by atoms with E-state index < -0.39 is 17.9 Å². The number of carboxylic acids is 1. The molecule has 0 saturated carbocycles. The Morgan fingerprint density at radius 2 is 2.00 bits per heavy atom. The number of benzene rings is 3. The molecule has 0 amide bonds. The topological polar surface area (TPSA) is 132 Å². The van der Waals surface area contributed by atoms with Gasteiger partial charge in [-0.2, -0.15) is 5.26 Å². The van der Waals surface area contributed by atoms with E-state index in [9.17, 15) is 14.3 Å². The zero-order valence-corrected chi connectivity index (χ0v) is 27.6. The van der Waals surface area contributed by atoms with Crippen molar-refractivity contribution in [3.8, 4) is 23.3 Å². The van der Waals surface area contributed by atoms with E-state index in [1.165, 1.54) is 23.5 Å². The maximum atomic E-state index is 14.7. The van der Waals surface area contributed by atoms with E-state index in [-0.39, 0.29) is 30.3 Å². The molecule has 2 aliphatic heterocycles. The summed E-state index contributed by atoms with van der Waals surface area (Å²) in [6.45, 7) is 3.51. The third-order valence-corrected chi connectivity index (χ3v) is 9.78. The second-order valence-corrected chi connectivity index (χ2v) is 13.0. The first-order valence-electron chi connectivity index (χ1n) is 16.0. The molecule has 1 fully saturated rings. The fourth-order valence-corrected chi connectivity index (χ4v) is 7.12. The van der Waals surface area contributed by atoms with Crippen molar-refractivity contribution >= 4 is 28.3 Å². The zero-order valence-electron chi connectivity index (χ0n) is 26.8. The number of para-hydroxylation sites is 1. The van der Waals surface area contributed by atoms with Gasteiger partial charge in [0.2, 0.25) is 0 Å². The number of carbonyl (C=O) groups is 1. The number of methoxy groups -OCH3 is 1. The summed E-state index contributed by atoms with van der Waals surface area (Å²) in [4.78, 5) is 24.7. The van der Waals surface area contributed by atoms with Crippen LogP contribution in [0.3, 0.4) is 0 Å². The van der Waals surface area contributed by atoms with Crippen molar-refractivity contribution in [2.75, 3.05) is 40.0 Å². The van der Waals surface area contributed by atoms with Crippen LogP contribution in [0.2, 0.25) is 0 Å². The van der Waals surface area contributed by atoms with E-state index in [4.69, 9.17) is 29.2 Å². The number of piperidine rings is 1. The first-order chi connectivity index (χ1) is 23.9. The minimum atomic E-state index is -1.04. The molecule has 1 saturated heterocycles. The van der Waals surface area contributed by atoms with Crippen molar-refractivity contribution < 1.29 is 33.2 Å². The van der Waals surface area contributed by atoms with E-state index >= 15 is 0 Å². The number of carboxylic acid groups (broad SMARTS) is 1. The molecule has 49 heavy (non-hydrogen) atoms. The fraction of sp³-hybridized carbons (Fsp3) is 0.333. The normalized spacial score (nSPS) is 16.5.